The van der Waals surface area contributed by atoms with Crippen molar-refractivity contribution < 1.29 is 9.53 Å². The summed E-state index contributed by atoms with van der Waals surface area (Å²) in [6.45, 7) is 11.4. The van der Waals surface area contributed by atoms with Crippen molar-refractivity contribution in [1.82, 2.24) is 10.2 Å². The van der Waals surface area contributed by atoms with Gasteiger partial charge in [-0.25, -0.2) is 4.79 Å². The zero-order valence-electron chi connectivity index (χ0n) is 13.5. The first kappa shape index (κ1) is 17.0. The normalized spacial score (nSPS) is 16.0. The Hall–Kier alpha value is -1.03. The third-order valence-electron chi connectivity index (χ3n) is 3.26. The topological polar surface area (TPSA) is 41.6 Å². The number of rotatable bonds is 6. The highest BCUT2D eigenvalue weighted by molar-refractivity contribution is 5.68. The molecular weight excluding hydrogens is 252 g/mol. The van der Waals surface area contributed by atoms with Crippen LogP contribution < -0.4 is 5.32 Å². The Labute approximate surface area is 123 Å². The first-order valence-electron chi connectivity index (χ1n) is 7.79. The summed E-state index contributed by atoms with van der Waals surface area (Å²) < 4.78 is 5.38. The van der Waals surface area contributed by atoms with Crippen molar-refractivity contribution in [3.8, 4) is 0 Å². The van der Waals surface area contributed by atoms with Gasteiger partial charge in [0, 0.05) is 19.6 Å². The van der Waals surface area contributed by atoms with Gasteiger partial charge in [-0.15, -0.1) is 0 Å². The standard InChI is InChI=1S/C16H30N2O2/c1-5-6-7-10-17-13-14-8-11-18(12-9-14)15(19)20-16(2,3)4/h8,17H,5-7,9-13H2,1-4H3. The largest absolute Gasteiger partial charge is 0.444 e. The summed E-state index contributed by atoms with van der Waals surface area (Å²) in [5.41, 5.74) is 0.989. The Morgan fingerprint density at radius 2 is 2.15 bits per heavy atom. The van der Waals surface area contributed by atoms with Crippen LogP contribution in [0.5, 0.6) is 0 Å². The molecule has 0 spiro atoms. The van der Waals surface area contributed by atoms with E-state index in [0.29, 0.717) is 6.54 Å². The number of ether oxygens (including phenoxy) is 1. The maximum Gasteiger partial charge on any atom is 0.410 e. The SMILES string of the molecule is CCCCCNCC1=CCN(C(=O)OC(C)(C)C)CC1. The molecule has 1 rings (SSSR count). The summed E-state index contributed by atoms with van der Waals surface area (Å²) in [6, 6.07) is 0. The lowest BCUT2D eigenvalue weighted by Crippen LogP contribution is -2.40. The average Bonchev–Trinajstić information content (AvgIpc) is 2.37. The van der Waals surface area contributed by atoms with Gasteiger partial charge in [0.2, 0.25) is 0 Å². The van der Waals surface area contributed by atoms with Crippen LogP contribution >= 0.6 is 0 Å². The number of nitrogens with one attached hydrogen (secondary N) is 1. The molecule has 4 heteroatoms. The van der Waals surface area contributed by atoms with Crippen molar-refractivity contribution in [2.45, 2.75) is 59.0 Å². The number of hydrogen-bond acceptors (Lipinski definition) is 3. The van der Waals surface area contributed by atoms with E-state index in [0.717, 1.165) is 26.1 Å². The summed E-state index contributed by atoms with van der Waals surface area (Å²) in [7, 11) is 0. The maximum atomic E-state index is 11.9. The second-order valence-electron chi connectivity index (χ2n) is 6.42. The van der Waals surface area contributed by atoms with E-state index in [1.54, 1.807) is 4.90 Å². The highest BCUT2D eigenvalue weighted by Crippen LogP contribution is 2.14. The lowest BCUT2D eigenvalue weighted by atomic mass is 10.1. The van der Waals surface area contributed by atoms with Gasteiger partial charge >= 0.3 is 6.09 Å². The number of nitrogens with zero attached hydrogens (tertiary/aromatic N) is 1. The number of hydrogen-bond donors (Lipinski definition) is 1. The van der Waals surface area contributed by atoms with Crippen LogP contribution in [0, 0.1) is 0 Å². The predicted octanol–water partition coefficient (Wildman–Crippen LogP) is 3.33. The Bertz CT molecular complexity index is 332. The quantitative estimate of drug-likeness (QED) is 0.600. The molecule has 20 heavy (non-hydrogen) atoms. The molecule has 116 valence electrons. The fourth-order valence-corrected chi connectivity index (χ4v) is 2.11. The molecule has 0 saturated carbocycles. The van der Waals surface area contributed by atoms with Gasteiger partial charge in [-0.1, -0.05) is 31.4 Å². The fraction of sp³-hybridized carbons (Fsp3) is 0.812. The van der Waals surface area contributed by atoms with E-state index in [1.807, 2.05) is 20.8 Å². The molecule has 0 bridgehead atoms. The highest BCUT2D eigenvalue weighted by Gasteiger charge is 2.23. The monoisotopic (exact) mass is 282 g/mol. The van der Waals surface area contributed by atoms with Crippen LogP contribution in [-0.2, 0) is 4.74 Å². The van der Waals surface area contributed by atoms with Crippen LogP contribution in [0.2, 0.25) is 0 Å². The van der Waals surface area contributed by atoms with Gasteiger partial charge in [-0.3, -0.25) is 0 Å². The smallest absolute Gasteiger partial charge is 0.410 e. The van der Waals surface area contributed by atoms with Gasteiger partial charge in [0.05, 0.1) is 0 Å². The van der Waals surface area contributed by atoms with Gasteiger partial charge in [0.1, 0.15) is 5.60 Å². The molecular formula is C16H30N2O2. The molecule has 0 radical (unpaired) electrons. The van der Waals surface area contributed by atoms with Crippen LogP contribution in [0.15, 0.2) is 11.6 Å². The number of carbonyl (C=O) groups excluding carboxylic acids is 1. The van der Waals surface area contributed by atoms with Crippen molar-refractivity contribution in [2.75, 3.05) is 26.2 Å². The molecule has 0 aliphatic carbocycles. The lowest BCUT2D eigenvalue weighted by Gasteiger charge is -2.29. The molecule has 1 amide bonds. The van der Waals surface area contributed by atoms with E-state index < -0.39 is 5.60 Å². The molecule has 0 aromatic rings. The molecule has 0 unspecified atom stereocenters. The van der Waals surface area contributed by atoms with Crippen molar-refractivity contribution in [3.63, 3.8) is 0 Å². The molecule has 0 aromatic carbocycles. The average molecular weight is 282 g/mol. The number of amides is 1. The number of carbonyl (C=O) groups is 1. The third kappa shape index (κ3) is 6.94. The predicted molar refractivity (Wildman–Crippen MR) is 82.9 cm³/mol. The van der Waals surface area contributed by atoms with Gasteiger partial charge in [0.15, 0.2) is 0 Å². The van der Waals surface area contributed by atoms with Crippen LogP contribution in [-0.4, -0.2) is 42.8 Å². The van der Waals surface area contributed by atoms with Crippen molar-refractivity contribution in [2.24, 2.45) is 0 Å². The van der Waals surface area contributed by atoms with E-state index in [1.165, 1.54) is 24.8 Å². The van der Waals surface area contributed by atoms with E-state index in [9.17, 15) is 4.79 Å². The lowest BCUT2D eigenvalue weighted by molar-refractivity contribution is 0.0265. The van der Waals surface area contributed by atoms with Gasteiger partial charge < -0.3 is 15.0 Å². The molecule has 1 N–H and O–H groups in total. The summed E-state index contributed by atoms with van der Waals surface area (Å²) in [6.07, 6.45) is 6.69. The van der Waals surface area contributed by atoms with Crippen molar-refractivity contribution in [1.29, 1.82) is 0 Å². The Morgan fingerprint density at radius 1 is 1.40 bits per heavy atom. The van der Waals surface area contributed by atoms with Crippen LogP contribution in [0.25, 0.3) is 0 Å². The van der Waals surface area contributed by atoms with Crippen LogP contribution in [0.1, 0.15) is 53.4 Å². The van der Waals surface area contributed by atoms with Gasteiger partial charge in [-0.2, -0.15) is 0 Å². The summed E-state index contributed by atoms with van der Waals surface area (Å²) in [5, 5.41) is 3.47. The number of unbranched alkanes of at least 4 members (excludes halogenated alkanes) is 2. The molecule has 1 heterocycles. The van der Waals surface area contributed by atoms with E-state index in [2.05, 4.69) is 18.3 Å². The second kappa shape index (κ2) is 8.30. The van der Waals surface area contributed by atoms with Crippen molar-refractivity contribution >= 4 is 6.09 Å². The molecule has 4 nitrogen and oxygen atoms in total. The van der Waals surface area contributed by atoms with Gasteiger partial charge in [-0.05, 0) is 40.2 Å². The molecule has 0 atom stereocenters. The minimum Gasteiger partial charge on any atom is -0.444 e. The Balaban J connectivity index is 2.25. The molecule has 1 aliphatic rings. The van der Waals surface area contributed by atoms with E-state index in [-0.39, 0.29) is 6.09 Å². The molecule has 1 aliphatic heterocycles. The molecule has 0 fully saturated rings. The maximum absolute atomic E-state index is 11.9. The molecule has 0 aromatic heterocycles. The van der Waals surface area contributed by atoms with E-state index in [4.69, 9.17) is 4.74 Å². The van der Waals surface area contributed by atoms with E-state index >= 15 is 0 Å². The summed E-state index contributed by atoms with van der Waals surface area (Å²) >= 11 is 0. The summed E-state index contributed by atoms with van der Waals surface area (Å²) in [4.78, 5) is 13.7. The molecule has 0 saturated heterocycles. The first-order valence-corrected chi connectivity index (χ1v) is 7.79. The minimum atomic E-state index is -0.415. The first-order chi connectivity index (χ1) is 9.42. The highest BCUT2D eigenvalue weighted by atomic mass is 16.6. The third-order valence-corrected chi connectivity index (χ3v) is 3.26. The zero-order valence-corrected chi connectivity index (χ0v) is 13.5. The zero-order chi connectivity index (χ0) is 15.0. The minimum absolute atomic E-state index is 0.205. The Morgan fingerprint density at radius 3 is 2.70 bits per heavy atom. The fourth-order valence-electron chi connectivity index (χ4n) is 2.11. The Kier molecular flexibility index (Phi) is 7.06. The second-order valence-corrected chi connectivity index (χ2v) is 6.42. The van der Waals surface area contributed by atoms with Crippen molar-refractivity contribution in [3.05, 3.63) is 11.6 Å². The van der Waals surface area contributed by atoms with Crippen LogP contribution in [0.4, 0.5) is 4.79 Å². The van der Waals surface area contributed by atoms with Gasteiger partial charge in [0.25, 0.3) is 0 Å². The van der Waals surface area contributed by atoms with Crippen LogP contribution in [0.3, 0.4) is 0 Å². The summed E-state index contributed by atoms with van der Waals surface area (Å²) in [5.74, 6) is 0.